The molecule has 0 fully saturated rings. The molecular formula is C19H40O4. The Kier molecular flexibility index (Phi) is 10.6. The van der Waals surface area contributed by atoms with Crippen LogP contribution < -0.4 is 0 Å². The van der Waals surface area contributed by atoms with Gasteiger partial charge >= 0.3 is 0 Å². The first-order valence-electron chi connectivity index (χ1n) is 9.27. The van der Waals surface area contributed by atoms with E-state index in [1.807, 2.05) is 41.5 Å². The van der Waals surface area contributed by atoms with Crippen molar-refractivity contribution < 1.29 is 19.6 Å². The van der Waals surface area contributed by atoms with Gasteiger partial charge in [-0.3, -0.25) is 0 Å². The third kappa shape index (κ3) is 12.9. The molecule has 0 radical (unpaired) electrons. The highest BCUT2D eigenvalue weighted by atomic mass is 17.3. The van der Waals surface area contributed by atoms with Crippen LogP contribution in [0, 0.1) is 0 Å². The highest BCUT2D eigenvalue weighted by Gasteiger charge is 2.37. The molecule has 140 valence electrons. The minimum absolute atomic E-state index is 0.383. The molecule has 0 aromatic carbocycles. The molecule has 0 aromatic rings. The van der Waals surface area contributed by atoms with Crippen LogP contribution >= 0.6 is 0 Å². The summed E-state index contributed by atoms with van der Waals surface area (Å²) < 4.78 is 0. The molecule has 4 nitrogen and oxygen atoms in total. The third-order valence-corrected chi connectivity index (χ3v) is 3.21. The van der Waals surface area contributed by atoms with Crippen LogP contribution in [0.15, 0.2) is 0 Å². The van der Waals surface area contributed by atoms with Crippen LogP contribution in [0.3, 0.4) is 0 Å². The summed E-state index contributed by atoms with van der Waals surface area (Å²) >= 11 is 0. The zero-order valence-electron chi connectivity index (χ0n) is 16.8. The summed E-state index contributed by atoms with van der Waals surface area (Å²) in [6, 6.07) is 0. The first-order chi connectivity index (χ1) is 10.5. The summed E-state index contributed by atoms with van der Waals surface area (Å²) in [5.74, 6) is -0.828. The van der Waals surface area contributed by atoms with Gasteiger partial charge in [-0.15, -0.1) is 0 Å². The molecule has 0 heterocycles. The maximum Gasteiger partial charge on any atom is 0.234 e. The zero-order chi connectivity index (χ0) is 18.0. The quantitative estimate of drug-likeness (QED) is 0.181. The van der Waals surface area contributed by atoms with Crippen molar-refractivity contribution >= 4 is 0 Å². The lowest BCUT2D eigenvalue weighted by Crippen LogP contribution is -2.41. The van der Waals surface area contributed by atoms with E-state index in [0.29, 0.717) is 0 Å². The normalized spacial score (nSPS) is 13.6. The van der Waals surface area contributed by atoms with Crippen LogP contribution in [0.1, 0.15) is 107 Å². The Balaban J connectivity index is 4.98. The monoisotopic (exact) mass is 332 g/mol. The van der Waals surface area contributed by atoms with E-state index in [2.05, 4.69) is 13.8 Å². The minimum Gasteiger partial charge on any atom is -0.228 e. The van der Waals surface area contributed by atoms with E-state index in [1.165, 1.54) is 0 Å². The summed E-state index contributed by atoms with van der Waals surface area (Å²) in [5, 5.41) is 0. The third-order valence-electron chi connectivity index (χ3n) is 3.21. The smallest absolute Gasteiger partial charge is 0.228 e. The molecule has 0 aromatic heterocycles. The standard InChI is InChI=1S/C19H40O4/c1-9-11-13-15-19(16-14-12-10-2,22-20-17(3,4)5)23-21-18(6,7)8/h9-16H2,1-8H3. The first-order valence-corrected chi connectivity index (χ1v) is 9.27. The molecule has 0 saturated carbocycles. The molecule has 0 aliphatic heterocycles. The first kappa shape index (κ1) is 22.8. The molecule has 0 unspecified atom stereocenters. The van der Waals surface area contributed by atoms with E-state index in [0.717, 1.165) is 51.4 Å². The van der Waals surface area contributed by atoms with E-state index in [4.69, 9.17) is 19.6 Å². The Morgan fingerprint density at radius 2 is 0.870 bits per heavy atom. The minimum atomic E-state index is -0.828. The number of hydrogen-bond donors (Lipinski definition) is 0. The predicted octanol–water partition coefficient (Wildman–Crippen LogP) is 6.34. The van der Waals surface area contributed by atoms with Crippen molar-refractivity contribution in [2.24, 2.45) is 0 Å². The molecule has 0 rings (SSSR count). The van der Waals surface area contributed by atoms with E-state index < -0.39 is 5.79 Å². The van der Waals surface area contributed by atoms with E-state index in [1.54, 1.807) is 0 Å². The van der Waals surface area contributed by atoms with Crippen molar-refractivity contribution in [2.45, 2.75) is 124 Å². The average molecular weight is 333 g/mol. The Morgan fingerprint density at radius 3 is 1.13 bits per heavy atom. The van der Waals surface area contributed by atoms with Gasteiger partial charge < -0.3 is 0 Å². The van der Waals surface area contributed by atoms with Gasteiger partial charge in [0, 0.05) is 12.8 Å². The van der Waals surface area contributed by atoms with Crippen LogP contribution in [0.2, 0.25) is 0 Å². The topological polar surface area (TPSA) is 36.9 Å². The summed E-state index contributed by atoms with van der Waals surface area (Å²) in [4.78, 5) is 22.9. The molecule has 0 bridgehead atoms. The van der Waals surface area contributed by atoms with E-state index >= 15 is 0 Å². The fourth-order valence-corrected chi connectivity index (χ4v) is 2.00. The maximum atomic E-state index is 5.84. The predicted molar refractivity (Wildman–Crippen MR) is 94.9 cm³/mol. The number of rotatable bonds is 12. The van der Waals surface area contributed by atoms with Gasteiger partial charge in [-0.2, -0.15) is 9.78 Å². The van der Waals surface area contributed by atoms with Gasteiger partial charge in [0.25, 0.3) is 0 Å². The average Bonchev–Trinajstić information content (AvgIpc) is 2.41. The summed E-state index contributed by atoms with van der Waals surface area (Å²) in [5.41, 5.74) is -0.766. The molecule has 0 spiro atoms. The van der Waals surface area contributed by atoms with E-state index in [9.17, 15) is 0 Å². The highest BCUT2D eigenvalue weighted by molar-refractivity contribution is 4.70. The number of unbranched alkanes of at least 4 members (excludes halogenated alkanes) is 4. The van der Waals surface area contributed by atoms with Gasteiger partial charge in [0.1, 0.15) is 0 Å². The van der Waals surface area contributed by atoms with Crippen LogP contribution in [0.5, 0.6) is 0 Å². The Morgan fingerprint density at radius 1 is 0.522 bits per heavy atom. The largest absolute Gasteiger partial charge is 0.234 e. The summed E-state index contributed by atoms with van der Waals surface area (Å²) in [6.45, 7) is 16.2. The van der Waals surface area contributed by atoms with Gasteiger partial charge in [-0.25, -0.2) is 9.78 Å². The molecule has 0 saturated heterocycles. The van der Waals surface area contributed by atoms with Crippen molar-refractivity contribution in [1.29, 1.82) is 0 Å². The highest BCUT2D eigenvalue weighted by Crippen LogP contribution is 2.32. The second-order valence-corrected chi connectivity index (χ2v) is 8.38. The fraction of sp³-hybridized carbons (Fsp3) is 1.00. The van der Waals surface area contributed by atoms with Gasteiger partial charge in [0.2, 0.25) is 5.79 Å². The van der Waals surface area contributed by atoms with Crippen LogP contribution in [0.25, 0.3) is 0 Å². The second-order valence-electron chi connectivity index (χ2n) is 8.38. The van der Waals surface area contributed by atoms with Crippen LogP contribution in [-0.2, 0) is 19.6 Å². The van der Waals surface area contributed by atoms with Crippen molar-refractivity contribution in [3.63, 3.8) is 0 Å². The Bertz CT molecular complexity index is 259. The van der Waals surface area contributed by atoms with Crippen molar-refractivity contribution in [3.8, 4) is 0 Å². The summed E-state index contributed by atoms with van der Waals surface area (Å²) in [7, 11) is 0. The molecule has 0 atom stereocenters. The van der Waals surface area contributed by atoms with Gasteiger partial charge in [0.15, 0.2) is 0 Å². The molecular weight excluding hydrogens is 292 g/mol. The fourth-order valence-electron chi connectivity index (χ4n) is 2.00. The van der Waals surface area contributed by atoms with Gasteiger partial charge in [-0.1, -0.05) is 39.5 Å². The van der Waals surface area contributed by atoms with Crippen LogP contribution in [0.4, 0.5) is 0 Å². The van der Waals surface area contributed by atoms with E-state index in [-0.39, 0.29) is 11.2 Å². The van der Waals surface area contributed by atoms with Gasteiger partial charge in [-0.05, 0) is 54.4 Å². The van der Waals surface area contributed by atoms with Crippen molar-refractivity contribution in [3.05, 3.63) is 0 Å². The summed E-state index contributed by atoms with van der Waals surface area (Å²) in [6.07, 6.45) is 8.22. The molecule has 0 amide bonds. The Hall–Kier alpha value is -0.160. The lowest BCUT2D eigenvalue weighted by atomic mass is 10.0. The van der Waals surface area contributed by atoms with Crippen LogP contribution in [-0.4, -0.2) is 17.0 Å². The van der Waals surface area contributed by atoms with Gasteiger partial charge in [0.05, 0.1) is 11.2 Å². The number of hydrogen-bond acceptors (Lipinski definition) is 4. The zero-order valence-corrected chi connectivity index (χ0v) is 16.8. The lowest BCUT2D eigenvalue weighted by molar-refractivity contribution is -0.543. The SMILES string of the molecule is CCCCCC(CCCCC)(OOC(C)(C)C)OOC(C)(C)C. The molecule has 0 N–H and O–H groups in total. The molecule has 0 aliphatic carbocycles. The maximum absolute atomic E-state index is 5.84. The lowest BCUT2D eigenvalue weighted by Gasteiger charge is -2.35. The molecule has 23 heavy (non-hydrogen) atoms. The Labute approximate surface area is 144 Å². The second kappa shape index (κ2) is 10.7. The molecule has 4 heteroatoms. The molecule has 0 aliphatic rings. The van der Waals surface area contributed by atoms with Crippen molar-refractivity contribution in [1.82, 2.24) is 0 Å². The van der Waals surface area contributed by atoms with Crippen molar-refractivity contribution in [2.75, 3.05) is 0 Å².